The Balaban J connectivity index is 2.44. The number of rotatable bonds is 4. The lowest BCUT2D eigenvalue weighted by atomic mass is 9.98. The van der Waals surface area contributed by atoms with E-state index in [1.807, 2.05) is 32.9 Å². The number of anilines is 1. The molecule has 1 unspecified atom stereocenters. The summed E-state index contributed by atoms with van der Waals surface area (Å²) in [5, 5.41) is 12.0. The molecule has 1 heterocycles. The molecule has 1 rings (SSSR count). The third-order valence-corrected chi connectivity index (χ3v) is 2.21. The Morgan fingerprint density at radius 1 is 1.50 bits per heavy atom. The minimum Gasteiger partial charge on any atom is -0.446 e. The first-order valence-electron chi connectivity index (χ1n) is 4.83. The van der Waals surface area contributed by atoms with Gasteiger partial charge >= 0.3 is 0 Å². The van der Waals surface area contributed by atoms with Gasteiger partial charge in [-0.15, -0.1) is 0 Å². The van der Waals surface area contributed by atoms with Gasteiger partial charge in [0.1, 0.15) is 5.76 Å². The molecule has 1 aromatic heterocycles. The quantitative estimate of drug-likeness (QED) is 0.798. The summed E-state index contributed by atoms with van der Waals surface area (Å²) in [7, 11) is 0. The van der Waals surface area contributed by atoms with Gasteiger partial charge in [0.25, 0.3) is 0 Å². The lowest BCUT2D eigenvalue weighted by molar-refractivity contribution is 0.484. The van der Waals surface area contributed by atoms with Crippen molar-refractivity contribution in [1.29, 1.82) is 5.26 Å². The monoisotopic (exact) mass is 192 g/mol. The van der Waals surface area contributed by atoms with Gasteiger partial charge < -0.3 is 9.73 Å². The number of nitrogens with zero attached hydrogens (tertiary/aromatic N) is 1. The maximum atomic E-state index is 8.86. The van der Waals surface area contributed by atoms with Crippen LogP contribution in [0.2, 0.25) is 0 Å². The van der Waals surface area contributed by atoms with Crippen LogP contribution in [-0.2, 0) is 0 Å². The Labute approximate surface area is 84.7 Å². The molecule has 0 spiro atoms. The SMILES string of the molecule is Cc1ccc(NCC(C#N)C(C)C)o1. The Hall–Kier alpha value is -1.43. The predicted octanol–water partition coefficient (Wildman–Crippen LogP) is 2.80. The van der Waals surface area contributed by atoms with E-state index in [1.54, 1.807) is 0 Å². The highest BCUT2D eigenvalue weighted by Crippen LogP contribution is 2.15. The van der Waals surface area contributed by atoms with E-state index in [4.69, 9.17) is 9.68 Å². The fourth-order valence-corrected chi connectivity index (χ4v) is 1.17. The summed E-state index contributed by atoms with van der Waals surface area (Å²) in [5.74, 6) is 2.01. The first-order valence-corrected chi connectivity index (χ1v) is 4.83. The Kier molecular flexibility index (Phi) is 3.58. The number of hydrogen-bond donors (Lipinski definition) is 1. The van der Waals surface area contributed by atoms with Crippen molar-refractivity contribution in [3.05, 3.63) is 17.9 Å². The second-order valence-corrected chi connectivity index (χ2v) is 3.77. The topological polar surface area (TPSA) is 49.0 Å². The van der Waals surface area contributed by atoms with Crippen LogP contribution >= 0.6 is 0 Å². The molecule has 0 saturated carbocycles. The molecule has 0 aromatic carbocycles. The van der Waals surface area contributed by atoms with Crippen molar-refractivity contribution in [3.63, 3.8) is 0 Å². The van der Waals surface area contributed by atoms with Crippen molar-refractivity contribution in [2.45, 2.75) is 20.8 Å². The molecule has 1 N–H and O–H groups in total. The van der Waals surface area contributed by atoms with Crippen molar-refractivity contribution < 1.29 is 4.42 Å². The second kappa shape index (κ2) is 4.71. The molecule has 3 nitrogen and oxygen atoms in total. The molecule has 0 saturated heterocycles. The number of aryl methyl sites for hydroxylation is 1. The summed E-state index contributed by atoms with van der Waals surface area (Å²) in [6.45, 7) is 6.63. The summed E-state index contributed by atoms with van der Waals surface area (Å²) in [6.07, 6.45) is 0. The zero-order valence-corrected chi connectivity index (χ0v) is 8.87. The van der Waals surface area contributed by atoms with E-state index in [1.165, 1.54) is 0 Å². The highest BCUT2D eigenvalue weighted by Gasteiger charge is 2.12. The molecule has 0 fully saturated rings. The molecule has 76 valence electrons. The van der Waals surface area contributed by atoms with Crippen LogP contribution < -0.4 is 5.32 Å². The highest BCUT2D eigenvalue weighted by atomic mass is 16.4. The number of nitriles is 1. The summed E-state index contributed by atoms with van der Waals surface area (Å²) in [6, 6.07) is 6.06. The van der Waals surface area contributed by atoms with E-state index in [2.05, 4.69) is 11.4 Å². The summed E-state index contributed by atoms with van der Waals surface area (Å²) in [4.78, 5) is 0. The zero-order chi connectivity index (χ0) is 10.6. The molecule has 0 radical (unpaired) electrons. The molecular weight excluding hydrogens is 176 g/mol. The third kappa shape index (κ3) is 2.81. The summed E-state index contributed by atoms with van der Waals surface area (Å²) in [5.41, 5.74) is 0. The average Bonchev–Trinajstić information content (AvgIpc) is 2.52. The van der Waals surface area contributed by atoms with Crippen molar-refractivity contribution >= 4 is 5.88 Å². The second-order valence-electron chi connectivity index (χ2n) is 3.77. The molecular formula is C11H16N2O. The van der Waals surface area contributed by atoms with Crippen LogP contribution in [0.5, 0.6) is 0 Å². The molecule has 0 bridgehead atoms. The van der Waals surface area contributed by atoms with Crippen molar-refractivity contribution in [2.75, 3.05) is 11.9 Å². The van der Waals surface area contributed by atoms with Crippen LogP contribution in [0.25, 0.3) is 0 Å². The van der Waals surface area contributed by atoms with Gasteiger partial charge in [-0.2, -0.15) is 5.26 Å². The standard InChI is InChI=1S/C11H16N2O/c1-8(2)10(6-12)7-13-11-5-4-9(3)14-11/h4-5,8,10,13H,7H2,1-3H3. The Morgan fingerprint density at radius 2 is 2.21 bits per heavy atom. The van der Waals surface area contributed by atoms with Crippen LogP contribution in [0.1, 0.15) is 19.6 Å². The van der Waals surface area contributed by atoms with Crippen molar-refractivity contribution in [3.8, 4) is 6.07 Å². The molecule has 0 aliphatic heterocycles. The molecule has 1 aromatic rings. The van der Waals surface area contributed by atoms with Gasteiger partial charge in [0.2, 0.25) is 0 Å². The van der Waals surface area contributed by atoms with Crippen LogP contribution in [-0.4, -0.2) is 6.54 Å². The number of hydrogen-bond acceptors (Lipinski definition) is 3. The normalized spacial score (nSPS) is 12.5. The maximum absolute atomic E-state index is 8.86. The van der Waals surface area contributed by atoms with Crippen LogP contribution in [0.3, 0.4) is 0 Å². The molecule has 14 heavy (non-hydrogen) atoms. The third-order valence-electron chi connectivity index (χ3n) is 2.21. The van der Waals surface area contributed by atoms with Crippen molar-refractivity contribution in [1.82, 2.24) is 0 Å². The molecule has 0 aliphatic carbocycles. The van der Waals surface area contributed by atoms with Crippen LogP contribution in [0.4, 0.5) is 5.88 Å². The first kappa shape index (κ1) is 10.6. The van der Waals surface area contributed by atoms with Gasteiger partial charge in [-0.25, -0.2) is 0 Å². The average molecular weight is 192 g/mol. The van der Waals surface area contributed by atoms with Gasteiger partial charge in [0.15, 0.2) is 5.88 Å². The summed E-state index contributed by atoms with van der Waals surface area (Å²) >= 11 is 0. The predicted molar refractivity (Wildman–Crippen MR) is 55.9 cm³/mol. The van der Waals surface area contributed by atoms with Crippen LogP contribution in [0.15, 0.2) is 16.5 Å². The maximum Gasteiger partial charge on any atom is 0.193 e. The number of nitrogens with one attached hydrogen (secondary N) is 1. The molecule has 0 amide bonds. The number of furan rings is 1. The first-order chi connectivity index (χ1) is 6.63. The zero-order valence-electron chi connectivity index (χ0n) is 8.87. The van der Waals surface area contributed by atoms with Gasteiger partial charge in [0, 0.05) is 12.6 Å². The largest absolute Gasteiger partial charge is 0.446 e. The van der Waals surface area contributed by atoms with Gasteiger partial charge in [-0.1, -0.05) is 13.8 Å². The van der Waals surface area contributed by atoms with E-state index < -0.39 is 0 Å². The lowest BCUT2D eigenvalue weighted by Crippen LogP contribution is -2.17. The van der Waals surface area contributed by atoms with E-state index in [9.17, 15) is 0 Å². The van der Waals surface area contributed by atoms with Gasteiger partial charge in [0.05, 0.1) is 12.0 Å². The minimum absolute atomic E-state index is 0.0282. The summed E-state index contributed by atoms with van der Waals surface area (Å²) < 4.78 is 5.34. The molecule has 0 aliphatic rings. The van der Waals surface area contributed by atoms with Gasteiger partial charge in [-0.05, 0) is 18.9 Å². The fraction of sp³-hybridized carbons (Fsp3) is 0.545. The van der Waals surface area contributed by atoms with Crippen LogP contribution in [0, 0.1) is 30.1 Å². The van der Waals surface area contributed by atoms with E-state index in [0.717, 1.165) is 11.6 Å². The van der Waals surface area contributed by atoms with Crippen molar-refractivity contribution in [2.24, 2.45) is 11.8 Å². The lowest BCUT2D eigenvalue weighted by Gasteiger charge is -2.12. The highest BCUT2D eigenvalue weighted by molar-refractivity contribution is 5.32. The van der Waals surface area contributed by atoms with E-state index >= 15 is 0 Å². The van der Waals surface area contributed by atoms with E-state index in [0.29, 0.717) is 12.5 Å². The molecule has 3 heteroatoms. The Morgan fingerprint density at radius 3 is 2.64 bits per heavy atom. The smallest absolute Gasteiger partial charge is 0.193 e. The van der Waals surface area contributed by atoms with E-state index in [-0.39, 0.29) is 5.92 Å². The molecule has 1 atom stereocenters. The minimum atomic E-state index is 0.0282. The fourth-order valence-electron chi connectivity index (χ4n) is 1.17. The Bertz CT molecular complexity index is 322. The van der Waals surface area contributed by atoms with Gasteiger partial charge in [-0.3, -0.25) is 0 Å².